The molecule has 0 saturated heterocycles. The minimum atomic E-state index is -0.0534. The van der Waals surface area contributed by atoms with Crippen molar-refractivity contribution in [2.45, 2.75) is 20.3 Å². The number of rotatable bonds is 4. The van der Waals surface area contributed by atoms with Gasteiger partial charge in [-0.2, -0.15) is 10.1 Å². The molecule has 2 aromatic heterocycles. The maximum atomic E-state index is 11.7. The number of amides is 1. The second-order valence-electron chi connectivity index (χ2n) is 4.00. The first-order chi connectivity index (χ1) is 8.63. The van der Waals surface area contributed by atoms with Gasteiger partial charge in [-0.1, -0.05) is 6.08 Å². The molecule has 0 aliphatic rings. The van der Waals surface area contributed by atoms with E-state index in [-0.39, 0.29) is 12.3 Å². The summed E-state index contributed by atoms with van der Waals surface area (Å²) in [5.74, 6) is 0.502. The lowest BCUT2D eigenvalue weighted by Gasteiger charge is -2.10. The molecule has 2 aromatic rings. The zero-order valence-electron chi connectivity index (χ0n) is 10.5. The average Bonchev–Trinajstić information content (AvgIpc) is 2.80. The number of fused-ring (bicyclic) bond motifs is 1. The van der Waals surface area contributed by atoms with Crippen LogP contribution in [0.25, 0.3) is 5.78 Å². The van der Waals surface area contributed by atoms with E-state index in [0.29, 0.717) is 12.3 Å². The lowest BCUT2D eigenvalue weighted by Crippen LogP contribution is -2.26. The van der Waals surface area contributed by atoms with Gasteiger partial charge in [0.25, 0.3) is 5.78 Å². The second kappa shape index (κ2) is 4.95. The monoisotopic (exact) mass is 245 g/mol. The van der Waals surface area contributed by atoms with Gasteiger partial charge in [-0.3, -0.25) is 4.79 Å². The van der Waals surface area contributed by atoms with Crippen LogP contribution < -0.4 is 5.32 Å². The van der Waals surface area contributed by atoms with Crippen LogP contribution in [-0.4, -0.2) is 32.0 Å². The Morgan fingerprint density at radius 2 is 2.33 bits per heavy atom. The number of carbonyl (C=O) groups is 1. The van der Waals surface area contributed by atoms with Crippen molar-refractivity contribution in [2.75, 3.05) is 6.54 Å². The topological polar surface area (TPSA) is 72.2 Å². The standard InChI is InChI=1S/C12H15N5O/c1-4-5-13-11(18)6-10-8(2)16-12-14-7-15-17(12)9(10)3/h4,7H,1,5-6H2,2-3H3,(H,13,18). The highest BCUT2D eigenvalue weighted by Crippen LogP contribution is 2.13. The molecule has 0 saturated carbocycles. The molecule has 0 radical (unpaired) electrons. The van der Waals surface area contributed by atoms with Crippen LogP contribution in [-0.2, 0) is 11.2 Å². The zero-order chi connectivity index (χ0) is 13.1. The van der Waals surface area contributed by atoms with Crippen LogP contribution in [0.3, 0.4) is 0 Å². The lowest BCUT2D eigenvalue weighted by atomic mass is 10.1. The summed E-state index contributed by atoms with van der Waals surface area (Å²) in [4.78, 5) is 20.1. The molecule has 0 aromatic carbocycles. The molecule has 0 fully saturated rings. The summed E-state index contributed by atoms with van der Waals surface area (Å²) in [7, 11) is 0. The molecule has 2 heterocycles. The number of nitrogens with one attached hydrogen (secondary N) is 1. The first kappa shape index (κ1) is 12.2. The van der Waals surface area contributed by atoms with Gasteiger partial charge in [0.2, 0.25) is 5.91 Å². The fourth-order valence-corrected chi connectivity index (χ4v) is 1.82. The molecule has 0 bridgehead atoms. The Balaban J connectivity index is 2.32. The summed E-state index contributed by atoms with van der Waals surface area (Å²) in [6.07, 6.45) is 3.39. The number of hydrogen-bond acceptors (Lipinski definition) is 4. The molecule has 6 nitrogen and oxygen atoms in total. The fourth-order valence-electron chi connectivity index (χ4n) is 1.82. The summed E-state index contributed by atoms with van der Waals surface area (Å²) < 4.78 is 1.64. The average molecular weight is 245 g/mol. The van der Waals surface area contributed by atoms with Crippen molar-refractivity contribution in [3.8, 4) is 0 Å². The summed E-state index contributed by atoms with van der Waals surface area (Å²) in [6.45, 7) is 7.81. The van der Waals surface area contributed by atoms with Crippen LogP contribution in [0.1, 0.15) is 17.0 Å². The molecule has 0 spiro atoms. The van der Waals surface area contributed by atoms with Gasteiger partial charge in [0.1, 0.15) is 6.33 Å². The van der Waals surface area contributed by atoms with E-state index in [4.69, 9.17) is 0 Å². The van der Waals surface area contributed by atoms with Crippen molar-refractivity contribution >= 4 is 11.7 Å². The van der Waals surface area contributed by atoms with Gasteiger partial charge in [-0.15, -0.1) is 6.58 Å². The van der Waals surface area contributed by atoms with E-state index >= 15 is 0 Å². The molecule has 6 heteroatoms. The van der Waals surface area contributed by atoms with Crippen LogP contribution in [0.2, 0.25) is 0 Å². The van der Waals surface area contributed by atoms with Crippen molar-refractivity contribution in [3.63, 3.8) is 0 Å². The third-order valence-corrected chi connectivity index (χ3v) is 2.77. The fraction of sp³-hybridized carbons (Fsp3) is 0.333. The normalized spacial score (nSPS) is 10.6. The lowest BCUT2D eigenvalue weighted by molar-refractivity contribution is -0.120. The number of nitrogens with zero attached hydrogens (tertiary/aromatic N) is 4. The first-order valence-electron chi connectivity index (χ1n) is 5.67. The Bertz CT molecular complexity index is 602. The predicted octanol–water partition coefficient (Wildman–Crippen LogP) is 0.586. The van der Waals surface area contributed by atoms with E-state index in [0.717, 1.165) is 17.0 Å². The van der Waals surface area contributed by atoms with E-state index in [1.54, 1.807) is 10.6 Å². The van der Waals surface area contributed by atoms with Crippen molar-refractivity contribution in [3.05, 3.63) is 35.9 Å². The van der Waals surface area contributed by atoms with Crippen molar-refractivity contribution in [1.29, 1.82) is 0 Å². The molecule has 1 amide bonds. The third kappa shape index (κ3) is 2.22. The Hall–Kier alpha value is -2.24. The number of aromatic nitrogens is 4. The van der Waals surface area contributed by atoms with E-state index in [1.165, 1.54) is 6.33 Å². The van der Waals surface area contributed by atoms with Gasteiger partial charge < -0.3 is 5.32 Å². The Morgan fingerprint density at radius 3 is 3.06 bits per heavy atom. The molecule has 0 atom stereocenters. The Labute approximate surface area is 105 Å². The van der Waals surface area contributed by atoms with E-state index in [9.17, 15) is 4.79 Å². The quantitative estimate of drug-likeness (QED) is 0.800. The van der Waals surface area contributed by atoms with E-state index in [2.05, 4.69) is 27.0 Å². The maximum absolute atomic E-state index is 11.7. The van der Waals surface area contributed by atoms with Crippen LogP contribution in [0.4, 0.5) is 0 Å². The summed E-state index contributed by atoms with van der Waals surface area (Å²) in [5, 5.41) is 6.83. The third-order valence-electron chi connectivity index (χ3n) is 2.77. The number of carbonyl (C=O) groups excluding carboxylic acids is 1. The van der Waals surface area contributed by atoms with Gasteiger partial charge in [-0.05, 0) is 13.8 Å². The highest BCUT2D eigenvalue weighted by atomic mass is 16.1. The second-order valence-corrected chi connectivity index (χ2v) is 4.00. The van der Waals surface area contributed by atoms with Gasteiger partial charge in [0, 0.05) is 23.5 Å². The van der Waals surface area contributed by atoms with E-state index < -0.39 is 0 Å². The highest BCUT2D eigenvalue weighted by molar-refractivity contribution is 5.79. The molecule has 0 aliphatic heterocycles. The summed E-state index contributed by atoms with van der Waals surface area (Å²) in [5.41, 5.74) is 2.58. The molecule has 2 rings (SSSR count). The first-order valence-corrected chi connectivity index (χ1v) is 5.67. The van der Waals surface area contributed by atoms with Gasteiger partial charge in [-0.25, -0.2) is 9.50 Å². The Morgan fingerprint density at radius 1 is 1.56 bits per heavy atom. The van der Waals surface area contributed by atoms with Crippen LogP contribution in [0, 0.1) is 13.8 Å². The van der Waals surface area contributed by atoms with E-state index in [1.807, 2.05) is 13.8 Å². The maximum Gasteiger partial charge on any atom is 0.252 e. The van der Waals surface area contributed by atoms with Gasteiger partial charge in [0.05, 0.1) is 6.42 Å². The van der Waals surface area contributed by atoms with Crippen molar-refractivity contribution in [2.24, 2.45) is 0 Å². The summed E-state index contributed by atoms with van der Waals surface area (Å²) in [6, 6.07) is 0. The van der Waals surface area contributed by atoms with Gasteiger partial charge >= 0.3 is 0 Å². The molecular weight excluding hydrogens is 230 g/mol. The number of hydrogen-bond donors (Lipinski definition) is 1. The molecular formula is C12H15N5O. The predicted molar refractivity (Wildman–Crippen MR) is 67.2 cm³/mol. The van der Waals surface area contributed by atoms with Crippen LogP contribution in [0.15, 0.2) is 19.0 Å². The molecule has 1 N–H and O–H groups in total. The van der Waals surface area contributed by atoms with Crippen molar-refractivity contribution < 1.29 is 4.79 Å². The molecule has 0 aliphatic carbocycles. The molecule has 18 heavy (non-hydrogen) atoms. The highest BCUT2D eigenvalue weighted by Gasteiger charge is 2.13. The molecule has 0 unspecified atom stereocenters. The van der Waals surface area contributed by atoms with Crippen LogP contribution >= 0.6 is 0 Å². The molecule has 94 valence electrons. The minimum Gasteiger partial charge on any atom is -0.352 e. The number of aryl methyl sites for hydroxylation is 2. The minimum absolute atomic E-state index is 0.0534. The summed E-state index contributed by atoms with van der Waals surface area (Å²) >= 11 is 0. The SMILES string of the molecule is C=CCNC(=O)Cc1c(C)nc2ncnn2c1C. The van der Waals surface area contributed by atoms with Crippen molar-refractivity contribution in [1.82, 2.24) is 24.9 Å². The smallest absolute Gasteiger partial charge is 0.252 e. The van der Waals surface area contributed by atoms with Gasteiger partial charge in [0.15, 0.2) is 0 Å². The zero-order valence-corrected chi connectivity index (χ0v) is 10.5. The Kier molecular flexibility index (Phi) is 3.36. The van der Waals surface area contributed by atoms with Crippen LogP contribution in [0.5, 0.6) is 0 Å². The largest absolute Gasteiger partial charge is 0.352 e.